The highest BCUT2D eigenvalue weighted by molar-refractivity contribution is 8.04. The third kappa shape index (κ3) is 6.85. The molecule has 0 aliphatic carbocycles. The molecule has 218 valence electrons. The van der Waals surface area contributed by atoms with Gasteiger partial charge in [-0.15, -0.1) is 0 Å². The average Bonchev–Trinajstić information content (AvgIpc) is 3.24. The molecule has 0 aromatic heterocycles. The van der Waals surface area contributed by atoms with Crippen LogP contribution in [0.15, 0.2) is 52.3 Å². The van der Waals surface area contributed by atoms with Gasteiger partial charge in [-0.3, -0.25) is 4.79 Å². The summed E-state index contributed by atoms with van der Waals surface area (Å²) in [4.78, 5) is 14.8. The molecule has 1 heterocycles. The summed E-state index contributed by atoms with van der Waals surface area (Å²) in [6.07, 6.45) is 1.75. The van der Waals surface area contributed by atoms with E-state index in [1.54, 1.807) is 34.5 Å². The van der Waals surface area contributed by atoms with Gasteiger partial charge in [0.1, 0.15) is 6.61 Å². The molecule has 0 amide bonds. The minimum absolute atomic E-state index is 0.00754. The van der Waals surface area contributed by atoms with Gasteiger partial charge in [0.2, 0.25) is 11.5 Å². The molecule has 0 atom stereocenters. The first-order valence-corrected chi connectivity index (χ1v) is 14.0. The first kappa shape index (κ1) is 30.0. The molecule has 41 heavy (non-hydrogen) atoms. The normalized spacial score (nSPS) is 13.4. The lowest BCUT2D eigenvalue weighted by Gasteiger charge is -2.17. The number of hydrogen-bond donors (Lipinski definition) is 0. The number of allylic oxidation sites excluding steroid dienone is 1. The van der Waals surface area contributed by atoms with Gasteiger partial charge in [0.25, 0.3) is 0 Å². The fourth-order valence-electron chi connectivity index (χ4n) is 4.31. The van der Waals surface area contributed by atoms with Crippen molar-refractivity contribution in [2.45, 2.75) is 51.4 Å². The summed E-state index contributed by atoms with van der Waals surface area (Å²) in [5.74, 6) is 3.74. The minimum Gasteiger partial charge on any atom is -0.493 e. The van der Waals surface area contributed by atoms with Crippen LogP contribution in [0.5, 0.6) is 40.2 Å². The molecule has 3 aromatic carbocycles. The van der Waals surface area contributed by atoms with Crippen molar-refractivity contribution in [3.05, 3.63) is 64.1 Å². The van der Waals surface area contributed by atoms with Gasteiger partial charge in [-0.25, -0.2) is 0 Å². The van der Waals surface area contributed by atoms with Crippen LogP contribution in [-0.4, -0.2) is 46.4 Å². The molecule has 0 bridgehead atoms. The molecule has 0 unspecified atom stereocenters. The Morgan fingerprint density at radius 1 is 0.707 bits per heavy atom. The quantitative estimate of drug-likeness (QED) is 0.207. The number of fused-ring (bicyclic) bond motifs is 1. The standard InChI is InChI=1S/C32H36O8S/c1-18(2)39-25-11-20(9-10-23(25)34-5)17-38-28-13-21(12-27(36-7)32(28)37-8)14-30-31(33)22-15-26(40-19(3)4)24(35-6)16-29(22)41-30/h9-16,18-19H,17H2,1-8H3. The number of benzene rings is 3. The Hall–Kier alpha value is -3.98. The van der Waals surface area contributed by atoms with Crippen LogP contribution in [0, 0.1) is 0 Å². The second kappa shape index (κ2) is 13.1. The van der Waals surface area contributed by atoms with Crippen LogP contribution in [0.1, 0.15) is 49.2 Å². The van der Waals surface area contributed by atoms with E-state index in [0.717, 1.165) is 16.0 Å². The number of thioether (sulfide) groups is 1. The number of carbonyl (C=O) groups excluding carboxylic acids is 1. The smallest absolute Gasteiger partial charge is 0.203 e. The van der Waals surface area contributed by atoms with Crippen molar-refractivity contribution in [3.8, 4) is 40.2 Å². The monoisotopic (exact) mass is 580 g/mol. The third-order valence-electron chi connectivity index (χ3n) is 6.07. The average molecular weight is 581 g/mol. The van der Waals surface area contributed by atoms with Crippen LogP contribution in [0.3, 0.4) is 0 Å². The second-order valence-electron chi connectivity index (χ2n) is 9.80. The Bertz CT molecular complexity index is 1440. The fourth-order valence-corrected chi connectivity index (χ4v) is 5.37. The molecule has 1 aliphatic heterocycles. The van der Waals surface area contributed by atoms with E-state index in [2.05, 4.69) is 0 Å². The topological polar surface area (TPSA) is 81.7 Å². The highest BCUT2D eigenvalue weighted by Gasteiger charge is 2.29. The van der Waals surface area contributed by atoms with Crippen LogP contribution in [0.25, 0.3) is 6.08 Å². The van der Waals surface area contributed by atoms with Crippen LogP contribution in [-0.2, 0) is 6.61 Å². The molecule has 0 spiro atoms. The summed E-state index contributed by atoms with van der Waals surface area (Å²) in [7, 11) is 6.31. The summed E-state index contributed by atoms with van der Waals surface area (Å²) < 4.78 is 40.1. The molecule has 0 fully saturated rings. The second-order valence-corrected chi connectivity index (χ2v) is 10.9. The van der Waals surface area contributed by atoms with Crippen LogP contribution in [0.2, 0.25) is 0 Å². The molecule has 0 radical (unpaired) electrons. The highest BCUT2D eigenvalue weighted by atomic mass is 32.2. The molecular weight excluding hydrogens is 544 g/mol. The number of hydrogen-bond acceptors (Lipinski definition) is 9. The van der Waals surface area contributed by atoms with Crippen LogP contribution in [0.4, 0.5) is 0 Å². The molecule has 1 aliphatic rings. The minimum atomic E-state index is -0.0885. The number of methoxy groups -OCH3 is 4. The summed E-state index contributed by atoms with van der Waals surface area (Å²) in [6.45, 7) is 8.02. The van der Waals surface area contributed by atoms with E-state index >= 15 is 0 Å². The van der Waals surface area contributed by atoms with E-state index in [-0.39, 0.29) is 24.6 Å². The van der Waals surface area contributed by atoms with Gasteiger partial charge in [-0.1, -0.05) is 17.8 Å². The van der Waals surface area contributed by atoms with Crippen molar-refractivity contribution in [3.63, 3.8) is 0 Å². The molecule has 8 nitrogen and oxygen atoms in total. The maximum Gasteiger partial charge on any atom is 0.203 e. The lowest BCUT2D eigenvalue weighted by Crippen LogP contribution is -2.07. The number of ether oxygens (including phenoxy) is 7. The fraction of sp³-hybridized carbons (Fsp3) is 0.344. The van der Waals surface area contributed by atoms with Crippen LogP contribution >= 0.6 is 11.8 Å². The van der Waals surface area contributed by atoms with E-state index < -0.39 is 0 Å². The number of carbonyl (C=O) groups is 1. The Kier molecular flexibility index (Phi) is 9.60. The zero-order chi connectivity index (χ0) is 29.7. The van der Waals surface area contributed by atoms with E-state index in [0.29, 0.717) is 50.7 Å². The van der Waals surface area contributed by atoms with E-state index in [1.165, 1.54) is 11.8 Å². The maximum absolute atomic E-state index is 13.4. The first-order valence-electron chi connectivity index (χ1n) is 13.2. The zero-order valence-corrected chi connectivity index (χ0v) is 25.5. The summed E-state index contributed by atoms with van der Waals surface area (Å²) in [6, 6.07) is 12.9. The van der Waals surface area contributed by atoms with Gasteiger partial charge >= 0.3 is 0 Å². The first-order chi connectivity index (χ1) is 19.7. The number of Topliss-reactive ketones (excluding diaryl/α,β-unsaturated/α-hetero) is 1. The molecule has 3 aromatic rings. The third-order valence-corrected chi connectivity index (χ3v) is 7.15. The van der Waals surface area contributed by atoms with Gasteiger partial charge in [-0.05, 0) is 81.3 Å². The van der Waals surface area contributed by atoms with Crippen molar-refractivity contribution >= 4 is 23.6 Å². The van der Waals surface area contributed by atoms with E-state index in [1.807, 2.05) is 70.2 Å². The summed E-state index contributed by atoms with van der Waals surface area (Å²) >= 11 is 1.38. The predicted octanol–water partition coefficient (Wildman–Crippen LogP) is 7.20. The molecule has 4 rings (SSSR count). The lowest BCUT2D eigenvalue weighted by atomic mass is 10.1. The van der Waals surface area contributed by atoms with E-state index in [9.17, 15) is 4.79 Å². The SMILES string of the molecule is COc1ccc(COc2cc(C=C3Sc4cc(OC)c(OC(C)C)cc4C3=O)cc(OC)c2OC)cc1OC(C)C. The van der Waals surface area contributed by atoms with E-state index in [4.69, 9.17) is 33.2 Å². The van der Waals surface area contributed by atoms with Crippen molar-refractivity contribution in [2.24, 2.45) is 0 Å². The Morgan fingerprint density at radius 2 is 1.34 bits per heavy atom. The molecule has 0 saturated carbocycles. The van der Waals surface area contributed by atoms with Crippen molar-refractivity contribution in [2.75, 3.05) is 28.4 Å². The lowest BCUT2D eigenvalue weighted by molar-refractivity contribution is 0.104. The molecule has 0 saturated heterocycles. The number of ketones is 1. The molecular formula is C32H36O8S. The molecule has 9 heteroatoms. The van der Waals surface area contributed by atoms with Crippen molar-refractivity contribution in [1.29, 1.82) is 0 Å². The van der Waals surface area contributed by atoms with Gasteiger partial charge < -0.3 is 33.2 Å². The largest absolute Gasteiger partial charge is 0.493 e. The van der Waals surface area contributed by atoms with Crippen LogP contribution < -0.4 is 33.2 Å². The van der Waals surface area contributed by atoms with Gasteiger partial charge in [0, 0.05) is 10.5 Å². The summed E-state index contributed by atoms with van der Waals surface area (Å²) in [5.41, 5.74) is 2.19. The van der Waals surface area contributed by atoms with Gasteiger partial charge in [0.15, 0.2) is 34.5 Å². The van der Waals surface area contributed by atoms with Gasteiger partial charge in [0.05, 0.1) is 45.6 Å². The van der Waals surface area contributed by atoms with Crippen molar-refractivity contribution in [1.82, 2.24) is 0 Å². The summed E-state index contributed by atoms with van der Waals surface area (Å²) in [5, 5.41) is 0. The Morgan fingerprint density at radius 3 is 1.95 bits per heavy atom. The molecule has 0 N–H and O–H groups in total. The van der Waals surface area contributed by atoms with Crippen molar-refractivity contribution < 1.29 is 38.0 Å². The predicted molar refractivity (Wildman–Crippen MR) is 160 cm³/mol. The Balaban J connectivity index is 1.64. The highest BCUT2D eigenvalue weighted by Crippen LogP contribution is 2.47. The maximum atomic E-state index is 13.4. The van der Waals surface area contributed by atoms with Gasteiger partial charge in [-0.2, -0.15) is 0 Å². The number of rotatable bonds is 12. The zero-order valence-electron chi connectivity index (χ0n) is 24.7. The Labute approximate surface area is 245 Å².